The van der Waals surface area contributed by atoms with E-state index in [0.29, 0.717) is 5.69 Å². The zero-order valence-corrected chi connectivity index (χ0v) is 15.2. The number of hydrogen-bond donors (Lipinski definition) is 1. The van der Waals surface area contributed by atoms with E-state index in [2.05, 4.69) is 5.32 Å². The number of Topliss-reactive ketones (excluding diaryl/α,β-unsaturated/α-hetero) is 1. The Morgan fingerprint density at radius 2 is 1.56 bits per heavy atom. The van der Waals surface area contributed by atoms with Crippen LogP contribution in [0.4, 0.5) is 14.5 Å². The molecule has 8 heteroatoms. The number of carbonyl (C=O) groups is 3. The van der Waals surface area contributed by atoms with Gasteiger partial charge in [-0.2, -0.15) is 0 Å². The Morgan fingerprint density at radius 1 is 1.00 bits per heavy atom. The van der Waals surface area contributed by atoms with Crippen LogP contribution in [-0.4, -0.2) is 35.3 Å². The first-order valence-electron chi connectivity index (χ1n) is 7.97. The second-order valence-electron chi connectivity index (χ2n) is 5.55. The minimum Gasteiger partial charge on any atom is -0.456 e. The molecule has 0 spiro atoms. The van der Waals surface area contributed by atoms with Gasteiger partial charge in [0, 0.05) is 11.3 Å². The highest BCUT2D eigenvalue weighted by Crippen LogP contribution is 2.14. The lowest BCUT2D eigenvalue weighted by Crippen LogP contribution is -2.23. The van der Waals surface area contributed by atoms with Crippen molar-refractivity contribution in [2.75, 3.05) is 17.7 Å². The molecule has 0 heterocycles. The van der Waals surface area contributed by atoms with Crippen molar-refractivity contribution in [3.8, 4) is 0 Å². The highest BCUT2D eigenvalue weighted by molar-refractivity contribution is 8.01. The van der Waals surface area contributed by atoms with Crippen molar-refractivity contribution in [3.63, 3.8) is 0 Å². The van der Waals surface area contributed by atoms with Crippen LogP contribution in [0.1, 0.15) is 17.3 Å². The minimum atomic E-state index is -0.662. The van der Waals surface area contributed by atoms with Crippen LogP contribution in [0.5, 0.6) is 0 Å². The smallest absolute Gasteiger partial charge is 0.319 e. The molecular weight excluding hydrogens is 376 g/mol. The Morgan fingerprint density at radius 3 is 2.15 bits per heavy atom. The van der Waals surface area contributed by atoms with Crippen LogP contribution >= 0.6 is 11.8 Å². The first kappa shape index (κ1) is 20.6. The number of halogens is 2. The van der Waals surface area contributed by atoms with Crippen LogP contribution in [0.3, 0.4) is 0 Å². The zero-order valence-electron chi connectivity index (χ0n) is 14.4. The maximum Gasteiger partial charge on any atom is 0.319 e. The number of carbonyl (C=O) groups excluding carboxylic acids is 3. The molecule has 0 fully saturated rings. The van der Waals surface area contributed by atoms with Gasteiger partial charge in [-0.05, 0) is 55.5 Å². The number of thioether (sulfide) groups is 1. The van der Waals surface area contributed by atoms with Crippen molar-refractivity contribution < 1.29 is 27.9 Å². The highest BCUT2D eigenvalue weighted by atomic mass is 32.2. The van der Waals surface area contributed by atoms with Crippen LogP contribution < -0.4 is 5.32 Å². The average molecular weight is 393 g/mol. The van der Waals surface area contributed by atoms with Gasteiger partial charge in [0.2, 0.25) is 5.91 Å². The molecule has 0 radical (unpaired) electrons. The third-order valence-corrected chi connectivity index (χ3v) is 4.56. The number of anilines is 1. The molecule has 1 amide bonds. The molecule has 1 N–H and O–H groups in total. The summed E-state index contributed by atoms with van der Waals surface area (Å²) in [6.45, 7) is 1.09. The van der Waals surface area contributed by atoms with Gasteiger partial charge >= 0.3 is 5.97 Å². The summed E-state index contributed by atoms with van der Waals surface area (Å²) >= 11 is 1.04. The molecule has 0 aliphatic carbocycles. The van der Waals surface area contributed by atoms with Crippen LogP contribution in [-0.2, 0) is 14.3 Å². The van der Waals surface area contributed by atoms with Gasteiger partial charge in [0.25, 0.3) is 0 Å². The van der Waals surface area contributed by atoms with Crippen LogP contribution in [0.25, 0.3) is 0 Å². The molecule has 0 aliphatic rings. The molecule has 0 aliphatic heterocycles. The highest BCUT2D eigenvalue weighted by Gasteiger charge is 2.18. The van der Waals surface area contributed by atoms with Gasteiger partial charge in [0.05, 0.1) is 5.75 Å². The number of esters is 1. The summed E-state index contributed by atoms with van der Waals surface area (Å²) in [5.41, 5.74) is 0.685. The minimum absolute atomic E-state index is 0.0143. The molecule has 0 aromatic heterocycles. The molecule has 2 rings (SSSR count). The van der Waals surface area contributed by atoms with Crippen molar-refractivity contribution in [2.45, 2.75) is 12.2 Å². The predicted octanol–water partition coefficient (Wildman–Crippen LogP) is 3.45. The Hall–Kier alpha value is -2.74. The molecule has 2 aromatic rings. The first-order valence-corrected chi connectivity index (χ1v) is 9.02. The standard InChI is InChI=1S/C19H17F2NO4S/c1-12(27-11-18(24)22-16-8-6-15(21)7-9-16)19(25)26-10-17(23)13-2-4-14(20)5-3-13/h2-9,12H,10-11H2,1H3,(H,22,24). The van der Waals surface area contributed by atoms with Gasteiger partial charge < -0.3 is 10.1 Å². The number of benzene rings is 2. The van der Waals surface area contributed by atoms with Gasteiger partial charge in [0.15, 0.2) is 12.4 Å². The second kappa shape index (κ2) is 9.82. The third kappa shape index (κ3) is 6.82. The fourth-order valence-electron chi connectivity index (χ4n) is 1.97. The van der Waals surface area contributed by atoms with Crippen molar-refractivity contribution in [2.24, 2.45) is 0 Å². The molecule has 2 aromatic carbocycles. The number of amides is 1. The Balaban J connectivity index is 1.73. The van der Waals surface area contributed by atoms with E-state index in [9.17, 15) is 23.2 Å². The Labute approximate surface area is 159 Å². The lowest BCUT2D eigenvalue weighted by atomic mass is 10.1. The fraction of sp³-hybridized carbons (Fsp3) is 0.211. The second-order valence-corrected chi connectivity index (χ2v) is 6.88. The van der Waals surface area contributed by atoms with Gasteiger partial charge in [-0.3, -0.25) is 14.4 Å². The van der Waals surface area contributed by atoms with E-state index in [4.69, 9.17) is 4.74 Å². The summed E-state index contributed by atoms with van der Waals surface area (Å²) in [5.74, 6) is -2.32. The quantitative estimate of drug-likeness (QED) is 0.549. The van der Waals surface area contributed by atoms with Crippen molar-refractivity contribution in [1.29, 1.82) is 0 Å². The molecule has 0 bridgehead atoms. The lowest BCUT2D eigenvalue weighted by Gasteiger charge is -2.11. The number of nitrogens with one attached hydrogen (secondary N) is 1. The van der Waals surface area contributed by atoms with Crippen LogP contribution in [0.15, 0.2) is 48.5 Å². The number of ketones is 1. The van der Waals surface area contributed by atoms with Crippen molar-refractivity contribution in [3.05, 3.63) is 65.7 Å². The van der Waals surface area contributed by atoms with E-state index in [-0.39, 0.29) is 17.2 Å². The van der Waals surface area contributed by atoms with Gasteiger partial charge in [0.1, 0.15) is 16.9 Å². The van der Waals surface area contributed by atoms with Gasteiger partial charge in [-0.15, -0.1) is 11.8 Å². The zero-order chi connectivity index (χ0) is 19.8. The summed E-state index contributed by atoms with van der Waals surface area (Å²) in [4.78, 5) is 35.6. The monoisotopic (exact) mass is 393 g/mol. The Bertz CT molecular complexity index is 809. The van der Waals surface area contributed by atoms with Crippen LogP contribution in [0.2, 0.25) is 0 Å². The largest absolute Gasteiger partial charge is 0.456 e. The number of hydrogen-bond acceptors (Lipinski definition) is 5. The molecule has 1 unspecified atom stereocenters. The van der Waals surface area contributed by atoms with Gasteiger partial charge in [-0.1, -0.05) is 0 Å². The van der Waals surface area contributed by atoms with E-state index in [1.807, 2.05) is 0 Å². The fourth-order valence-corrected chi connectivity index (χ4v) is 2.65. The average Bonchev–Trinajstić information content (AvgIpc) is 2.66. The molecular formula is C19H17F2NO4S. The topological polar surface area (TPSA) is 72.5 Å². The normalized spacial score (nSPS) is 11.5. The predicted molar refractivity (Wildman–Crippen MR) is 98.6 cm³/mol. The Kier molecular flexibility index (Phi) is 7.48. The molecule has 142 valence electrons. The van der Waals surface area contributed by atoms with E-state index >= 15 is 0 Å². The van der Waals surface area contributed by atoms with Crippen molar-refractivity contribution >= 4 is 35.1 Å². The van der Waals surface area contributed by atoms with Crippen molar-refractivity contribution in [1.82, 2.24) is 0 Å². The van der Waals surface area contributed by atoms with E-state index in [0.717, 1.165) is 23.9 Å². The van der Waals surface area contributed by atoms with E-state index in [1.54, 1.807) is 6.92 Å². The molecule has 0 saturated heterocycles. The summed E-state index contributed by atoms with van der Waals surface area (Å²) in [6.07, 6.45) is 0. The first-order chi connectivity index (χ1) is 12.8. The molecule has 0 saturated carbocycles. The summed E-state index contributed by atoms with van der Waals surface area (Å²) in [6, 6.07) is 10.2. The SMILES string of the molecule is CC(SCC(=O)Nc1ccc(F)cc1)C(=O)OCC(=O)c1ccc(F)cc1. The summed E-state index contributed by atoms with van der Waals surface area (Å²) < 4.78 is 30.6. The maximum absolute atomic E-state index is 12.8. The molecule has 27 heavy (non-hydrogen) atoms. The summed E-state index contributed by atoms with van der Waals surface area (Å²) in [5, 5.41) is 1.91. The number of ether oxygens (including phenoxy) is 1. The van der Waals surface area contributed by atoms with Crippen LogP contribution in [0, 0.1) is 11.6 Å². The van der Waals surface area contributed by atoms with E-state index < -0.39 is 35.2 Å². The lowest BCUT2D eigenvalue weighted by molar-refractivity contribution is -0.141. The number of rotatable bonds is 8. The molecule has 1 atom stereocenters. The summed E-state index contributed by atoms with van der Waals surface area (Å²) in [7, 11) is 0. The maximum atomic E-state index is 12.8. The van der Waals surface area contributed by atoms with Gasteiger partial charge in [-0.25, -0.2) is 8.78 Å². The third-order valence-electron chi connectivity index (χ3n) is 3.44. The van der Waals surface area contributed by atoms with E-state index in [1.165, 1.54) is 36.4 Å². The molecule has 5 nitrogen and oxygen atoms in total.